The fraction of sp³-hybridized carbons (Fsp3) is 0.120. The van der Waals surface area contributed by atoms with Crippen LogP contribution >= 0.6 is 11.8 Å². The Morgan fingerprint density at radius 3 is 2.47 bits per heavy atom. The predicted octanol–water partition coefficient (Wildman–Crippen LogP) is 4.05. The number of carbonyl (C=O) groups is 2. The molecular weight excluding hydrogens is 422 g/mol. The molecule has 6 nitrogen and oxygen atoms in total. The number of para-hydroxylation sites is 1. The fourth-order valence-corrected chi connectivity index (χ4v) is 4.14. The molecule has 1 heterocycles. The lowest BCUT2D eigenvalue weighted by Gasteiger charge is -2.15. The van der Waals surface area contributed by atoms with Crippen LogP contribution in [0.4, 0.5) is 0 Å². The van der Waals surface area contributed by atoms with E-state index >= 15 is 0 Å². The lowest BCUT2D eigenvalue weighted by Crippen LogP contribution is -2.32. The Bertz CT molecular complexity index is 1380. The van der Waals surface area contributed by atoms with E-state index in [-0.39, 0.29) is 11.3 Å². The van der Waals surface area contributed by atoms with Gasteiger partial charge in [0.15, 0.2) is 5.16 Å². The van der Waals surface area contributed by atoms with Crippen LogP contribution < -0.4 is 10.9 Å². The van der Waals surface area contributed by atoms with Gasteiger partial charge in [-0.15, -0.1) is 0 Å². The van der Waals surface area contributed by atoms with Gasteiger partial charge in [-0.25, -0.2) is 4.98 Å². The fourth-order valence-electron chi connectivity index (χ4n) is 3.34. The van der Waals surface area contributed by atoms with Gasteiger partial charge < -0.3 is 0 Å². The molecule has 0 spiro atoms. The monoisotopic (exact) mass is 443 g/mol. The zero-order valence-electron chi connectivity index (χ0n) is 17.7. The van der Waals surface area contributed by atoms with Gasteiger partial charge >= 0.3 is 0 Å². The summed E-state index contributed by atoms with van der Waals surface area (Å²) < 4.78 is 1.54. The molecule has 4 rings (SSSR count). The van der Waals surface area contributed by atoms with Gasteiger partial charge in [-0.05, 0) is 55.3 Å². The van der Waals surface area contributed by atoms with Gasteiger partial charge in [0.05, 0.1) is 22.3 Å². The van der Waals surface area contributed by atoms with Crippen LogP contribution in [-0.2, 0) is 4.79 Å². The van der Waals surface area contributed by atoms with Gasteiger partial charge in [-0.1, -0.05) is 54.2 Å². The Labute approximate surface area is 189 Å². The Balaban J connectivity index is 1.67. The average molecular weight is 444 g/mol. The maximum Gasteiger partial charge on any atom is 0.266 e. The van der Waals surface area contributed by atoms with Crippen molar-refractivity contribution in [3.8, 4) is 5.69 Å². The summed E-state index contributed by atoms with van der Waals surface area (Å²) in [7, 11) is 0. The smallest absolute Gasteiger partial charge is 0.266 e. The summed E-state index contributed by atoms with van der Waals surface area (Å²) in [5.74, 6) is -0.984. The molecule has 7 heteroatoms. The molecule has 160 valence electrons. The Kier molecular flexibility index (Phi) is 6.18. The highest BCUT2D eigenvalue weighted by Gasteiger charge is 2.17. The summed E-state index contributed by atoms with van der Waals surface area (Å²) >= 11 is 1.12. The van der Waals surface area contributed by atoms with Crippen molar-refractivity contribution in [2.45, 2.75) is 19.0 Å². The molecular formula is C25H21N3O3S. The average Bonchev–Trinajstić information content (AvgIpc) is 2.80. The van der Waals surface area contributed by atoms with Crippen molar-refractivity contribution in [2.75, 3.05) is 5.75 Å². The van der Waals surface area contributed by atoms with Gasteiger partial charge in [0.1, 0.15) is 0 Å². The first-order valence-electron chi connectivity index (χ1n) is 10.1. The third-order valence-electron chi connectivity index (χ3n) is 4.97. The summed E-state index contributed by atoms with van der Waals surface area (Å²) in [4.78, 5) is 42.7. The molecule has 32 heavy (non-hydrogen) atoms. The molecule has 1 aromatic heterocycles. The minimum atomic E-state index is -0.463. The number of hydrogen-bond donors (Lipinski definition) is 1. The number of nitrogens with zero attached hydrogens (tertiary/aromatic N) is 2. The van der Waals surface area contributed by atoms with E-state index in [0.29, 0.717) is 21.6 Å². The second kappa shape index (κ2) is 9.20. The highest BCUT2D eigenvalue weighted by molar-refractivity contribution is 7.99. The molecule has 0 fully saturated rings. The standard InChI is InChI=1S/C25H21N3O3S/c1-16-12-13-17(2)21(14-16)28-24(31)19-10-6-7-11-20(19)26-25(28)32-15-22(29)27-23(30)18-8-4-3-5-9-18/h3-14H,15H2,1-2H3,(H,27,29,30). The Morgan fingerprint density at radius 1 is 0.969 bits per heavy atom. The number of aromatic nitrogens is 2. The van der Waals surface area contributed by atoms with E-state index in [9.17, 15) is 14.4 Å². The van der Waals surface area contributed by atoms with Crippen molar-refractivity contribution in [1.82, 2.24) is 14.9 Å². The molecule has 2 amide bonds. The van der Waals surface area contributed by atoms with Crippen molar-refractivity contribution in [2.24, 2.45) is 0 Å². The van der Waals surface area contributed by atoms with Crippen LogP contribution in [0.25, 0.3) is 16.6 Å². The van der Waals surface area contributed by atoms with Crippen molar-refractivity contribution in [1.29, 1.82) is 0 Å². The van der Waals surface area contributed by atoms with E-state index in [2.05, 4.69) is 10.3 Å². The minimum Gasteiger partial charge on any atom is -0.292 e. The molecule has 1 N–H and O–H groups in total. The van der Waals surface area contributed by atoms with Gasteiger partial charge in [0, 0.05) is 5.56 Å². The summed E-state index contributed by atoms with van der Waals surface area (Å²) in [6.45, 7) is 3.88. The molecule has 0 aliphatic rings. The second-order valence-corrected chi connectivity index (χ2v) is 8.32. The van der Waals surface area contributed by atoms with E-state index < -0.39 is 11.8 Å². The zero-order chi connectivity index (χ0) is 22.7. The number of imide groups is 1. The van der Waals surface area contributed by atoms with Crippen molar-refractivity contribution < 1.29 is 9.59 Å². The highest BCUT2D eigenvalue weighted by atomic mass is 32.2. The third-order valence-corrected chi connectivity index (χ3v) is 5.91. The van der Waals surface area contributed by atoms with Crippen molar-refractivity contribution in [3.05, 3.63) is 99.8 Å². The Hall–Kier alpha value is -3.71. The third kappa shape index (κ3) is 4.48. The van der Waals surface area contributed by atoms with Crippen LogP contribution in [0.5, 0.6) is 0 Å². The maximum atomic E-state index is 13.4. The van der Waals surface area contributed by atoms with Gasteiger partial charge in [0.25, 0.3) is 11.5 Å². The van der Waals surface area contributed by atoms with Gasteiger partial charge in [-0.2, -0.15) is 0 Å². The number of hydrogen-bond acceptors (Lipinski definition) is 5. The topological polar surface area (TPSA) is 81.1 Å². The molecule has 4 aromatic rings. The van der Waals surface area contributed by atoms with Gasteiger partial charge in [-0.3, -0.25) is 24.3 Å². The number of amides is 2. The molecule has 0 saturated carbocycles. The van der Waals surface area contributed by atoms with E-state index in [0.717, 1.165) is 28.6 Å². The number of nitrogens with one attached hydrogen (secondary N) is 1. The normalized spacial score (nSPS) is 10.8. The number of benzene rings is 3. The van der Waals surface area contributed by atoms with Gasteiger partial charge in [0.2, 0.25) is 5.91 Å². The van der Waals surface area contributed by atoms with Crippen molar-refractivity contribution in [3.63, 3.8) is 0 Å². The van der Waals surface area contributed by atoms with Crippen LogP contribution in [-0.4, -0.2) is 27.1 Å². The summed E-state index contributed by atoms with van der Waals surface area (Å²) in [5, 5.41) is 3.28. The molecule has 0 unspecified atom stereocenters. The first-order chi connectivity index (χ1) is 15.4. The molecule has 0 saturated heterocycles. The van der Waals surface area contributed by atoms with Crippen LogP contribution in [0.3, 0.4) is 0 Å². The van der Waals surface area contributed by atoms with E-state index in [4.69, 9.17) is 0 Å². The summed E-state index contributed by atoms with van der Waals surface area (Å²) in [6, 6.07) is 21.5. The quantitative estimate of drug-likeness (QED) is 0.372. The number of rotatable bonds is 5. The molecule has 0 bridgehead atoms. The first-order valence-corrected chi connectivity index (χ1v) is 11.0. The number of fused-ring (bicyclic) bond motifs is 1. The van der Waals surface area contributed by atoms with Crippen LogP contribution in [0.1, 0.15) is 21.5 Å². The maximum absolute atomic E-state index is 13.4. The molecule has 3 aromatic carbocycles. The second-order valence-electron chi connectivity index (χ2n) is 7.37. The number of thioether (sulfide) groups is 1. The van der Waals surface area contributed by atoms with Crippen LogP contribution in [0, 0.1) is 13.8 Å². The number of carbonyl (C=O) groups excluding carboxylic acids is 2. The van der Waals surface area contributed by atoms with E-state index in [1.807, 2.05) is 38.1 Å². The predicted molar refractivity (Wildman–Crippen MR) is 126 cm³/mol. The molecule has 0 atom stereocenters. The molecule has 0 aliphatic carbocycles. The summed E-state index contributed by atoms with van der Waals surface area (Å²) in [6.07, 6.45) is 0. The lowest BCUT2D eigenvalue weighted by molar-refractivity contribution is -0.117. The van der Waals surface area contributed by atoms with E-state index in [1.165, 1.54) is 0 Å². The summed E-state index contributed by atoms with van der Waals surface area (Å²) in [5.41, 5.74) is 3.40. The first kappa shape index (κ1) is 21.5. The minimum absolute atomic E-state index is 0.0613. The lowest BCUT2D eigenvalue weighted by atomic mass is 10.1. The SMILES string of the molecule is Cc1ccc(C)c(-n2c(SCC(=O)NC(=O)c3ccccc3)nc3ccccc3c2=O)c1. The Morgan fingerprint density at radius 2 is 1.69 bits per heavy atom. The van der Waals surface area contributed by atoms with E-state index in [1.54, 1.807) is 53.1 Å². The van der Waals surface area contributed by atoms with Crippen molar-refractivity contribution >= 4 is 34.5 Å². The zero-order valence-corrected chi connectivity index (χ0v) is 18.5. The van der Waals surface area contributed by atoms with Crippen LogP contribution in [0.2, 0.25) is 0 Å². The van der Waals surface area contributed by atoms with Crippen LogP contribution in [0.15, 0.2) is 82.7 Å². The molecule has 0 radical (unpaired) electrons. The largest absolute Gasteiger partial charge is 0.292 e. The number of aryl methyl sites for hydroxylation is 2. The molecule has 0 aliphatic heterocycles. The highest BCUT2D eigenvalue weighted by Crippen LogP contribution is 2.24.